The Balaban J connectivity index is 1.99. The molecule has 8 heteroatoms. The minimum Gasteiger partial charge on any atom is -0.419 e. The summed E-state index contributed by atoms with van der Waals surface area (Å²) in [6, 6.07) is 5.59. The van der Waals surface area contributed by atoms with Crippen molar-refractivity contribution < 1.29 is 17.2 Å². The van der Waals surface area contributed by atoms with Gasteiger partial charge >= 0.3 is 0 Å². The lowest BCUT2D eigenvalue weighted by Gasteiger charge is -2.02. The third kappa shape index (κ3) is 4.61. The molecule has 0 bridgehead atoms. The smallest absolute Gasteiger partial charge is 0.247 e. The van der Waals surface area contributed by atoms with Crippen molar-refractivity contribution in [1.29, 1.82) is 0 Å². The second-order valence-corrected chi connectivity index (χ2v) is 6.43. The number of sulfonamides is 1. The summed E-state index contributed by atoms with van der Waals surface area (Å²) in [6.45, 7) is 1.86. The zero-order valence-electron chi connectivity index (χ0n) is 11.5. The highest BCUT2D eigenvalue weighted by Crippen LogP contribution is 2.17. The van der Waals surface area contributed by atoms with Crippen LogP contribution in [-0.4, -0.2) is 24.4 Å². The number of hydrogen-bond donors (Lipinski definition) is 1. The molecule has 0 aliphatic rings. The van der Waals surface area contributed by atoms with Gasteiger partial charge in [-0.05, 0) is 30.7 Å². The van der Waals surface area contributed by atoms with E-state index in [1.54, 1.807) is 0 Å². The fourth-order valence-corrected chi connectivity index (χ4v) is 2.77. The number of benzene rings is 1. The quantitative estimate of drug-likeness (QED) is 0.846. The van der Waals surface area contributed by atoms with Crippen LogP contribution in [0.1, 0.15) is 25.7 Å². The fourth-order valence-electron chi connectivity index (χ4n) is 1.61. The van der Waals surface area contributed by atoms with Crippen molar-refractivity contribution in [2.24, 2.45) is 0 Å². The van der Waals surface area contributed by atoms with Crippen molar-refractivity contribution >= 4 is 10.0 Å². The highest BCUT2D eigenvalue weighted by atomic mass is 32.2. The number of nitrogens with one attached hydrogen (secondary N) is 1. The van der Waals surface area contributed by atoms with Gasteiger partial charge < -0.3 is 4.42 Å². The molecule has 1 aromatic heterocycles. The van der Waals surface area contributed by atoms with E-state index in [0.29, 0.717) is 12.0 Å². The van der Waals surface area contributed by atoms with Crippen molar-refractivity contribution in [2.75, 3.05) is 5.75 Å². The van der Waals surface area contributed by atoms with Crippen molar-refractivity contribution in [3.05, 3.63) is 36.0 Å². The van der Waals surface area contributed by atoms with Crippen LogP contribution in [0.3, 0.4) is 0 Å². The highest BCUT2D eigenvalue weighted by molar-refractivity contribution is 7.89. The van der Waals surface area contributed by atoms with Crippen LogP contribution < -0.4 is 4.72 Å². The van der Waals surface area contributed by atoms with Crippen molar-refractivity contribution in [3.63, 3.8) is 0 Å². The zero-order valence-corrected chi connectivity index (χ0v) is 12.4. The highest BCUT2D eigenvalue weighted by Gasteiger charge is 2.13. The Morgan fingerprint density at radius 3 is 2.62 bits per heavy atom. The van der Waals surface area contributed by atoms with Crippen molar-refractivity contribution in [2.45, 2.75) is 26.3 Å². The van der Waals surface area contributed by atoms with Gasteiger partial charge in [0.1, 0.15) is 5.82 Å². The molecule has 0 radical (unpaired) electrons. The number of halogens is 1. The normalized spacial score (nSPS) is 11.7. The fraction of sp³-hybridized carbons (Fsp3) is 0.385. The van der Waals surface area contributed by atoms with Crippen LogP contribution in [-0.2, 0) is 16.6 Å². The van der Waals surface area contributed by atoms with Gasteiger partial charge in [-0.1, -0.05) is 13.3 Å². The third-order valence-corrected chi connectivity index (χ3v) is 4.18. The summed E-state index contributed by atoms with van der Waals surface area (Å²) < 4.78 is 43.8. The van der Waals surface area contributed by atoms with Gasteiger partial charge in [0.15, 0.2) is 0 Å². The summed E-state index contributed by atoms with van der Waals surface area (Å²) in [5.41, 5.74) is 0.573. The van der Waals surface area contributed by atoms with E-state index in [9.17, 15) is 12.8 Å². The Kier molecular flexibility index (Phi) is 5.03. The first-order chi connectivity index (χ1) is 10.00. The molecule has 2 aromatic rings. The molecule has 0 amide bonds. The number of rotatable bonds is 7. The molecule has 0 atom stereocenters. The summed E-state index contributed by atoms with van der Waals surface area (Å²) in [5.74, 6) is 0.0944. The van der Waals surface area contributed by atoms with Gasteiger partial charge in [0.2, 0.25) is 21.8 Å². The standard InChI is InChI=1S/C13H16FN3O3S/c1-2-3-8-21(18,19)15-9-12-16-17-13(20-12)10-4-6-11(14)7-5-10/h4-7,15H,2-3,8-9H2,1H3. The summed E-state index contributed by atoms with van der Waals surface area (Å²) >= 11 is 0. The maximum absolute atomic E-state index is 12.8. The van der Waals surface area contributed by atoms with Gasteiger partial charge in [-0.2, -0.15) is 0 Å². The van der Waals surface area contributed by atoms with E-state index >= 15 is 0 Å². The number of nitrogens with zero attached hydrogens (tertiary/aromatic N) is 2. The zero-order chi connectivity index (χ0) is 15.3. The molecule has 6 nitrogen and oxygen atoms in total. The maximum Gasteiger partial charge on any atom is 0.247 e. The molecular formula is C13H16FN3O3S. The largest absolute Gasteiger partial charge is 0.419 e. The summed E-state index contributed by atoms with van der Waals surface area (Å²) in [7, 11) is -3.33. The van der Waals surface area contributed by atoms with Gasteiger partial charge in [-0.3, -0.25) is 0 Å². The van der Waals surface area contributed by atoms with Crippen LogP contribution in [0.15, 0.2) is 28.7 Å². The molecule has 1 aromatic carbocycles. The topological polar surface area (TPSA) is 85.1 Å². The Morgan fingerprint density at radius 2 is 1.95 bits per heavy atom. The second-order valence-electron chi connectivity index (χ2n) is 4.50. The summed E-state index contributed by atoms with van der Waals surface area (Å²) in [5, 5.41) is 7.57. The molecule has 0 aliphatic heterocycles. The van der Waals surface area contributed by atoms with Crippen LogP contribution in [0.2, 0.25) is 0 Å². The van der Waals surface area contributed by atoms with Gasteiger partial charge in [0.25, 0.3) is 0 Å². The van der Waals surface area contributed by atoms with Crippen LogP contribution >= 0.6 is 0 Å². The lowest BCUT2D eigenvalue weighted by Crippen LogP contribution is -2.26. The van der Waals surface area contributed by atoms with E-state index in [1.165, 1.54) is 24.3 Å². The minimum absolute atomic E-state index is 0.0553. The monoisotopic (exact) mass is 313 g/mol. The van der Waals surface area contributed by atoms with Gasteiger partial charge in [0.05, 0.1) is 12.3 Å². The van der Waals surface area contributed by atoms with Crippen LogP contribution in [0.25, 0.3) is 11.5 Å². The molecule has 0 saturated carbocycles. The van der Waals surface area contributed by atoms with Crippen LogP contribution in [0, 0.1) is 5.82 Å². The molecule has 21 heavy (non-hydrogen) atoms. The van der Waals surface area contributed by atoms with E-state index in [0.717, 1.165) is 6.42 Å². The lowest BCUT2D eigenvalue weighted by atomic mass is 10.2. The molecule has 0 unspecified atom stereocenters. The number of aromatic nitrogens is 2. The Bertz CT molecular complexity index is 683. The van der Waals surface area contributed by atoms with E-state index in [4.69, 9.17) is 4.42 Å². The predicted octanol–water partition coefficient (Wildman–Crippen LogP) is 2.10. The van der Waals surface area contributed by atoms with Crippen LogP contribution in [0.5, 0.6) is 0 Å². The average molecular weight is 313 g/mol. The van der Waals surface area contributed by atoms with E-state index in [1.807, 2.05) is 6.92 Å². The first-order valence-corrected chi connectivity index (χ1v) is 8.21. The lowest BCUT2D eigenvalue weighted by molar-refractivity contribution is 0.493. The molecule has 0 fully saturated rings. The summed E-state index contributed by atoms with van der Waals surface area (Å²) in [4.78, 5) is 0. The molecule has 114 valence electrons. The van der Waals surface area contributed by atoms with E-state index in [-0.39, 0.29) is 29.9 Å². The molecule has 0 spiro atoms. The maximum atomic E-state index is 12.8. The summed E-state index contributed by atoms with van der Waals surface area (Å²) in [6.07, 6.45) is 1.40. The average Bonchev–Trinajstić information content (AvgIpc) is 2.93. The molecule has 1 heterocycles. The van der Waals surface area contributed by atoms with Gasteiger partial charge in [0, 0.05) is 5.56 Å². The van der Waals surface area contributed by atoms with Crippen molar-refractivity contribution in [3.8, 4) is 11.5 Å². The van der Waals surface area contributed by atoms with Crippen LogP contribution in [0.4, 0.5) is 4.39 Å². The van der Waals surface area contributed by atoms with E-state index in [2.05, 4.69) is 14.9 Å². The minimum atomic E-state index is -3.33. The number of hydrogen-bond acceptors (Lipinski definition) is 5. The molecular weight excluding hydrogens is 297 g/mol. The molecule has 0 aliphatic carbocycles. The Labute approximate surface area is 122 Å². The van der Waals surface area contributed by atoms with Crippen molar-refractivity contribution in [1.82, 2.24) is 14.9 Å². The number of unbranched alkanes of at least 4 members (excludes halogenated alkanes) is 1. The molecule has 1 N–H and O–H groups in total. The molecule has 0 saturated heterocycles. The Morgan fingerprint density at radius 1 is 1.24 bits per heavy atom. The van der Waals surface area contributed by atoms with Gasteiger partial charge in [-0.15, -0.1) is 10.2 Å². The third-order valence-electron chi connectivity index (χ3n) is 2.77. The predicted molar refractivity (Wildman–Crippen MR) is 75.2 cm³/mol. The molecule has 2 rings (SSSR count). The SMILES string of the molecule is CCCCS(=O)(=O)NCc1nnc(-c2ccc(F)cc2)o1. The second kappa shape index (κ2) is 6.77. The first kappa shape index (κ1) is 15.6. The van der Waals surface area contributed by atoms with E-state index < -0.39 is 10.0 Å². The Hall–Kier alpha value is -1.80. The first-order valence-electron chi connectivity index (χ1n) is 6.56. The van der Waals surface area contributed by atoms with Gasteiger partial charge in [-0.25, -0.2) is 17.5 Å².